The molecule has 11 nitrogen and oxygen atoms in total. The number of sulfone groups is 1. The maximum atomic E-state index is 12.5. The zero-order valence-electron chi connectivity index (χ0n) is 25.9. The molecule has 0 saturated carbocycles. The van der Waals surface area contributed by atoms with Crippen molar-refractivity contribution in [3.8, 4) is 11.5 Å². The summed E-state index contributed by atoms with van der Waals surface area (Å²) in [5, 5.41) is 0. The van der Waals surface area contributed by atoms with Crippen LogP contribution in [-0.4, -0.2) is 39.0 Å². The molecule has 1 atom stereocenters. The molecule has 0 N–H and O–H groups in total. The summed E-state index contributed by atoms with van der Waals surface area (Å²) < 4.78 is 105. The van der Waals surface area contributed by atoms with Gasteiger partial charge >= 0.3 is 49.8 Å². The van der Waals surface area contributed by atoms with Crippen molar-refractivity contribution in [3.63, 3.8) is 0 Å². The molecule has 1 heterocycles. The van der Waals surface area contributed by atoms with E-state index >= 15 is 0 Å². The van der Waals surface area contributed by atoms with Crippen molar-refractivity contribution >= 4 is 41.2 Å². The molecule has 0 aliphatic carbocycles. The molecule has 0 fully saturated rings. The second kappa shape index (κ2) is 16.8. The van der Waals surface area contributed by atoms with E-state index in [1.54, 1.807) is 42.5 Å². The predicted octanol–water partition coefficient (Wildman–Crippen LogP) is 2.14. The summed E-state index contributed by atoms with van der Waals surface area (Å²) in [7, 11) is -11.5. The SMILES string of the molecule is Cc1ccc(S(=O)(=O)Oc2ccc(S(=O)(=O)Cc3ccccn3)cc2)cc1.Cc1ccc(S(=O)(=O)Oc2ccc(S(=O)[O-])cc2)cc1.[Na+]. The van der Waals surface area contributed by atoms with Crippen molar-refractivity contribution < 1.29 is 71.9 Å². The maximum absolute atomic E-state index is 12.5. The van der Waals surface area contributed by atoms with Gasteiger partial charge < -0.3 is 12.9 Å². The number of aromatic nitrogens is 1. The van der Waals surface area contributed by atoms with E-state index in [4.69, 9.17) is 8.37 Å². The van der Waals surface area contributed by atoms with Gasteiger partial charge in [0.25, 0.3) is 0 Å². The number of pyridine rings is 1. The molecule has 5 rings (SSSR count). The average Bonchev–Trinajstić information content (AvgIpc) is 3.02. The summed E-state index contributed by atoms with van der Waals surface area (Å²) in [6.07, 6.45) is 1.53. The van der Waals surface area contributed by atoms with Gasteiger partial charge in [-0.3, -0.25) is 9.19 Å². The van der Waals surface area contributed by atoms with Crippen LogP contribution in [0.5, 0.6) is 11.5 Å². The van der Waals surface area contributed by atoms with Crippen LogP contribution >= 0.6 is 0 Å². The van der Waals surface area contributed by atoms with Gasteiger partial charge in [-0.25, -0.2) is 8.42 Å². The van der Waals surface area contributed by atoms with Crippen LogP contribution < -0.4 is 37.9 Å². The van der Waals surface area contributed by atoms with E-state index in [1.165, 1.54) is 79.0 Å². The van der Waals surface area contributed by atoms with E-state index in [-0.39, 0.29) is 66.4 Å². The minimum Gasteiger partial charge on any atom is -0.768 e. The quantitative estimate of drug-likeness (QED) is 0.117. The smallest absolute Gasteiger partial charge is 0.768 e. The third-order valence-corrected chi connectivity index (χ3v) is 11.1. The van der Waals surface area contributed by atoms with Gasteiger partial charge in [-0.1, -0.05) is 41.5 Å². The molecule has 0 spiro atoms. The number of nitrogens with zero attached hydrogens (tertiary/aromatic N) is 1. The first-order valence-electron chi connectivity index (χ1n) is 13.6. The molecule has 1 unspecified atom stereocenters. The number of aryl methyl sites for hydroxylation is 2. The van der Waals surface area contributed by atoms with Crippen molar-refractivity contribution in [2.75, 3.05) is 0 Å². The summed E-state index contributed by atoms with van der Waals surface area (Å²) in [5.74, 6) is -0.150. The summed E-state index contributed by atoms with van der Waals surface area (Å²) >= 11 is -2.35. The Morgan fingerprint density at radius 1 is 0.604 bits per heavy atom. The molecule has 0 aliphatic heterocycles. The van der Waals surface area contributed by atoms with Gasteiger partial charge in [-0.2, -0.15) is 16.8 Å². The van der Waals surface area contributed by atoms with Gasteiger partial charge in [0.05, 0.1) is 16.3 Å². The van der Waals surface area contributed by atoms with Gasteiger partial charge in [-0.05, 0) is 110 Å². The Morgan fingerprint density at radius 3 is 1.42 bits per heavy atom. The van der Waals surface area contributed by atoms with E-state index in [0.29, 0.717) is 5.69 Å². The zero-order chi connectivity index (χ0) is 34.2. The standard InChI is InChI=1S/C19H17NO5S2.C13H12O5S2.Na/c1-15-5-9-19(10-6-15)27(23,24)25-17-7-11-18(12-8-17)26(21,22)14-16-4-2-3-13-20-16;1-10-2-8-13(9-3-10)20(16,17)18-11-4-6-12(7-5-11)19(14)15;/h2-13H,14H2,1H3;2-9H,1H3,(H,14,15);/q;;+1/p-1. The Balaban J connectivity index is 0.000000266. The summed E-state index contributed by atoms with van der Waals surface area (Å²) in [6, 6.07) is 27.9. The van der Waals surface area contributed by atoms with Crippen LogP contribution in [0, 0.1) is 13.8 Å². The molecular formula is C32H28NNaO10S4. The third kappa shape index (κ3) is 11.1. The van der Waals surface area contributed by atoms with Crippen LogP contribution in [0.4, 0.5) is 0 Å². The van der Waals surface area contributed by atoms with Gasteiger partial charge in [0.1, 0.15) is 21.3 Å². The molecule has 0 bridgehead atoms. The minimum absolute atomic E-state index is 0. The molecule has 5 aromatic rings. The zero-order valence-corrected chi connectivity index (χ0v) is 31.2. The fourth-order valence-electron chi connectivity index (χ4n) is 3.83. The van der Waals surface area contributed by atoms with Crippen molar-refractivity contribution in [2.24, 2.45) is 0 Å². The molecule has 246 valence electrons. The van der Waals surface area contributed by atoms with Crippen LogP contribution in [0.2, 0.25) is 0 Å². The molecule has 0 amide bonds. The van der Waals surface area contributed by atoms with Crippen molar-refractivity contribution in [1.29, 1.82) is 0 Å². The van der Waals surface area contributed by atoms with Crippen LogP contribution in [0.1, 0.15) is 16.8 Å². The van der Waals surface area contributed by atoms with Crippen LogP contribution in [0.3, 0.4) is 0 Å². The fraction of sp³-hybridized carbons (Fsp3) is 0.0938. The molecule has 0 radical (unpaired) electrons. The van der Waals surface area contributed by atoms with Crippen LogP contribution in [-0.2, 0) is 46.9 Å². The monoisotopic (exact) mass is 737 g/mol. The van der Waals surface area contributed by atoms with Crippen molar-refractivity contribution in [1.82, 2.24) is 4.98 Å². The van der Waals surface area contributed by atoms with Gasteiger partial charge in [0.15, 0.2) is 9.84 Å². The van der Waals surface area contributed by atoms with Crippen molar-refractivity contribution in [2.45, 2.75) is 39.2 Å². The number of hydrogen-bond acceptors (Lipinski definition) is 11. The Bertz CT molecular complexity index is 2160. The van der Waals surface area contributed by atoms with E-state index in [9.17, 15) is 34.0 Å². The normalized spacial score (nSPS) is 12.1. The second-order valence-corrected chi connectivity index (χ2v) is 16.0. The first-order valence-corrected chi connectivity index (χ1v) is 19.1. The van der Waals surface area contributed by atoms with E-state index in [0.717, 1.165) is 11.1 Å². The van der Waals surface area contributed by atoms with E-state index < -0.39 is 41.2 Å². The average molecular weight is 738 g/mol. The molecule has 16 heteroatoms. The first kappa shape index (κ1) is 39.0. The topological polar surface area (TPSA) is 174 Å². The van der Waals surface area contributed by atoms with Gasteiger partial charge in [-0.15, -0.1) is 0 Å². The molecule has 48 heavy (non-hydrogen) atoms. The summed E-state index contributed by atoms with van der Waals surface area (Å²) in [4.78, 5) is 4.20. The summed E-state index contributed by atoms with van der Waals surface area (Å²) in [6.45, 7) is 3.69. The number of benzene rings is 4. The Kier molecular flexibility index (Phi) is 13.7. The molecular weight excluding hydrogens is 710 g/mol. The first-order chi connectivity index (χ1) is 22.1. The Labute approximate surface area is 304 Å². The molecule has 1 aromatic heterocycles. The van der Waals surface area contributed by atoms with Gasteiger partial charge in [0, 0.05) is 11.1 Å². The largest absolute Gasteiger partial charge is 1.00 e. The third-order valence-electron chi connectivity index (χ3n) is 6.29. The number of hydrogen-bond donors (Lipinski definition) is 0. The molecule has 0 aliphatic rings. The molecule has 0 saturated heterocycles. The summed E-state index contributed by atoms with van der Waals surface area (Å²) in [5.41, 5.74) is 2.29. The second-order valence-electron chi connectivity index (χ2n) is 9.96. The Morgan fingerprint density at radius 2 is 1.02 bits per heavy atom. The predicted molar refractivity (Wildman–Crippen MR) is 173 cm³/mol. The van der Waals surface area contributed by atoms with E-state index in [2.05, 4.69) is 4.98 Å². The van der Waals surface area contributed by atoms with Gasteiger partial charge in [0.2, 0.25) is 0 Å². The molecule has 4 aromatic carbocycles. The maximum Gasteiger partial charge on any atom is 1.00 e. The number of rotatable bonds is 10. The minimum atomic E-state index is -3.99. The van der Waals surface area contributed by atoms with Crippen LogP contribution in [0.15, 0.2) is 141 Å². The fourth-order valence-corrected chi connectivity index (χ4v) is 7.33. The van der Waals surface area contributed by atoms with Crippen molar-refractivity contribution in [3.05, 3.63) is 138 Å². The van der Waals surface area contributed by atoms with Crippen LogP contribution in [0.25, 0.3) is 0 Å². The van der Waals surface area contributed by atoms with E-state index in [1.807, 2.05) is 13.8 Å². The Hall–Kier alpha value is -3.41.